The van der Waals surface area contributed by atoms with E-state index >= 15 is 0 Å². The smallest absolute Gasteiger partial charge is 0.286 e. The molecule has 0 saturated heterocycles. The number of hydrazine groups is 1. The van der Waals surface area contributed by atoms with Gasteiger partial charge in [-0.1, -0.05) is 41.9 Å². The summed E-state index contributed by atoms with van der Waals surface area (Å²) in [6.45, 7) is -0.364. The van der Waals surface area contributed by atoms with Crippen LogP contribution in [0, 0.1) is 0 Å². The molecule has 128 valence electrons. The molecular weight excluding hydrogens is 342 g/mol. The average Bonchev–Trinajstić information content (AvgIpc) is 3.04. The van der Waals surface area contributed by atoms with Crippen molar-refractivity contribution in [1.82, 2.24) is 15.8 Å². The lowest BCUT2D eigenvalue weighted by Crippen LogP contribution is -2.44. The predicted molar refractivity (Wildman–Crippen MR) is 95.2 cm³/mol. The third kappa shape index (κ3) is 3.81. The predicted octanol–water partition coefficient (Wildman–Crippen LogP) is 2.36. The Balaban J connectivity index is 1.67. The van der Waals surface area contributed by atoms with Gasteiger partial charge in [-0.05, 0) is 29.8 Å². The summed E-state index contributed by atoms with van der Waals surface area (Å²) in [6.07, 6.45) is 0. The third-order valence-electron chi connectivity index (χ3n) is 3.83. The number of aliphatic hydroxyl groups excluding tert-OH is 1. The van der Waals surface area contributed by atoms with Crippen LogP contribution in [0.1, 0.15) is 22.0 Å². The molecule has 1 atom stereocenters. The normalized spacial score (nSPS) is 11.9. The first-order valence-corrected chi connectivity index (χ1v) is 8.00. The summed E-state index contributed by atoms with van der Waals surface area (Å²) in [6, 6.07) is 15.7. The zero-order valence-electron chi connectivity index (χ0n) is 13.1. The fourth-order valence-electron chi connectivity index (χ4n) is 2.52. The Hall–Kier alpha value is -2.83. The van der Waals surface area contributed by atoms with Crippen LogP contribution in [-0.4, -0.2) is 28.5 Å². The number of carbonyl (C=O) groups is 2. The molecule has 1 aromatic heterocycles. The lowest BCUT2D eigenvalue weighted by Gasteiger charge is -2.15. The molecule has 2 aromatic carbocycles. The number of amides is 2. The van der Waals surface area contributed by atoms with Gasteiger partial charge in [-0.2, -0.15) is 0 Å². The van der Waals surface area contributed by atoms with Crippen LogP contribution < -0.4 is 10.9 Å². The van der Waals surface area contributed by atoms with Crippen LogP contribution in [0.5, 0.6) is 0 Å². The van der Waals surface area contributed by atoms with E-state index in [-0.39, 0.29) is 12.3 Å². The third-order valence-corrected chi connectivity index (χ3v) is 4.06. The number of nitrogens with one attached hydrogen (secondary N) is 3. The van der Waals surface area contributed by atoms with E-state index in [1.54, 1.807) is 48.5 Å². The molecule has 3 rings (SSSR count). The van der Waals surface area contributed by atoms with Gasteiger partial charge in [0.2, 0.25) is 5.91 Å². The highest BCUT2D eigenvalue weighted by Crippen LogP contribution is 2.20. The minimum atomic E-state index is -0.761. The number of halogens is 1. The van der Waals surface area contributed by atoms with Gasteiger partial charge in [0.25, 0.3) is 5.91 Å². The molecule has 0 fully saturated rings. The zero-order chi connectivity index (χ0) is 17.8. The maximum Gasteiger partial charge on any atom is 0.286 e. The number of rotatable bonds is 4. The molecule has 0 spiro atoms. The summed E-state index contributed by atoms with van der Waals surface area (Å²) in [5.74, 6) is -1.75. The molecular formula is C18H16ClN3O3. The van der Waals surface area contributed by atoms with Crippen molar-refractivity contribution in [3.05, 3.63) is 70.9 Å². The van der Waals surface area contributed by atoms with Crippen molar-refractivity contribution in [3.8, 4) is 0 Å². The number of aromatic amines is 1. The van der Waals surface area contributed by atoms with Crippen LogP contribution in [0.2, 0.25) is 5.02 Å². The monoisotopic (exact) mass is 357 g/mol. The van der Waals surface area contributed by atoms with E-state index in [2.05, 4.69) is 15.8 Å². The molecule has 2 amide bonds. The van der Waals surface area contributed by atoms with E-state index in [9.17, 15) is 14.7 Å². The van der Waals surface area contributed by atoms with Gasteiger partial charge >= 0.3 is 0 Å². The quantitative estimate of drug-likeness (QED) is 0.540. The molecule has 0 aliphatic carbocycles. The first kappa shape index (κ1) is 17.0. The van der Waals surface area contributed by atoms with Crippen molar-refractivity contribution >= 4 is 34.3 Å². The summed E-state index contributed by atoms with van der Waals surface area (Å²) >= 11 is 5.92. The maximum absolute atomic E-state index is 12.2. The molecule has 25 heavy (non-hydrogen) atoms. The van der Waals surface area contributed by atoms with Gasteiger partial charge in [-0.25, -0.2) is 0 Å². The Kier molecular flexibility index (Phi) is 5.02. The van der Waals surface area contributed by atoms with Gasteiger partial charge in [0.15, 0.2) is 0 Å². The van der Waals surface area contributed by atoms with Crippen LogP contribution in [0.4, 0.5) is 0 Å². The number of hydrogen-bond donors (Lipinski definition) is 4. The van der Waals surface area contributed by atoms with E-state index in [0.29, 0.717) is 10.6 Å². The summed E-state index contributed by atoms with van der Waals surface area (Å²) in [4.78, 5) is 27.4. The topological polar surface area (TPSA) is 94.2 Å². The molecule has 1 unspecified atom stereocenters. The molecule has 0 radical (unpaired) electrons. The Labute approximate surface area is 148 Å². The van der Waals surface area contributed by atoms with Crippen molar-refractivity contribution < 1.29 is 14.7 Å². The minimum Gasteiger partial charge on any atom is -0.395 e. The lowest BCUT2D eigenvalue weighted by atomic mass is 10.00. The number of aromatic nitrogens is 1. The fraction of sp³-hybridized carbons (Fsp3) is 0.111. The van der Waals surface area contributed by atoms with Gasteiger partial charge in [0, 0.05) is 15.9 Å². The Morgan fingerprint density at radius 2 is 1.84 bits per heavy atom. The molecule has 4 N–H and O–H groups in total. The lowest BCUT2D eigenvalue weighted by molar-refractivity contribution is -0.124. The minimum absolute atomic E-state index is 0.290. The Morgan fingerprint density at radius 1 is 1.08 bits per heavy atom. The second kappa shape index (κ2) is 7.38. The fourth-order valence-corrected chi connectivity index (χ4v) is 2.70. The SMILES string of the molecule is O=C(NNC(=O)C(CO)c1ccccc1)c1cc2cc(Cl)ccc2[nH]1. The number of benzene rings is 2. The highest BCUT2D eigenvalue weighted by molar-refractivity contribution is 6.31. The van der Waals surface area contributed by atoms with E-state index in [0.717, 1.165) is 10.9 Å². The summed E-state index contributed by atoms with van der Waals surface area (Å²) in [7, 11) is 0. The first-order valence-electron chi connectivity index (χ1n) is 7.63. The Bertz CT molecular complexity index is 908. The molecule has 0 saturated carbocycles. The van der Waals surface area contributed by atoms with Gasteiger partial charge in [-0.3, -0.25) is 20.4 Å². The van der Waals surface area contributed by atoms with Crippen molar-refractivity contribution in [2.45, 2.75) is 5.92 Å². The van der Waals surface area contributed by atoms with E-state index in [1.165, 1.54) is 0 Å². The number of carbonyl (C=O) groups excluding carboxylic acids is 2. The van der Waals surface area contributed by atoms with Crippen molar-refractivity contribution in [1.29, 1.82) is 0 Å². The number of H-pyrrole nitrogens is 1. The molecule has 6 nitrogen and oxygen atoms in total. The zero-order valence-corrected chi connectivity index (χ0v) is 13.9. The van der Waals surface area contributed by atoms with Gasteiger partial charge in [0.05, 0.1) is 12.5 Å². The standard InChI is InChI=1S/C18H16ClN3O3/c19-13-6-7-15-12(8-13)9-16(20-15)18(25)22-21-17(24)14(10-23)11-4-2-1-3-5-11/h1-9,14,20,23H,10H2,(H,21,24)(H,22,25). The van der Waals surface area contributed by atoms with Crippen LogP contribution in [0.3, 0.4) is 0 Å². The van der Waals surface area contributed by atoms with Gasteiger partial charge in [0.1, 0.15) is 5.69 Å². The van der Waals surface area contributed by atoms with Crippen LogP contribution in [0.25, 0.3) is 10.9 Å². The van der Waals surface area contributed by atoms with Crippen molar-refractivity contribution in [2.24, 2.45) is 0 Å². The molecule has 3 aromatic rings. The van der Waals surface area contributed by atoms with Crippen molar-refractivity contribution in [3.63, 3.8) is 0 Å². The largest absolute Gasteiger partial charge is 0.395 e. The highest BCUT2D eigenvalue weighted by atomic mass is 35.5. The molecule has 1 heterocycles. The summed E-state index contributed by atoms with van der Waals surface area (Å²) < 4.78 is 0. The van der Waals surface area contributed by atoms with Crippen LogP contribution in [-0.2, 0) is 4.79 Å². The summed E-state index contributed by atoms with van der Waals surface area (Å²) in [5, 5.41) is 10.8. The van der Waals surface area contributed by atoms with Gasteiger partial charge < -0.3 is 10.1 Å². The average molecular weight is 358 g/mol. The molecule has 0 aliphatic heterocycles. The number of hydrogen-bond acceptors (Lipinski definition) is 3. The van der Waals surface area contributed by atoms with Crippen LogP contribution in [0.15, 0.2) is 54.6 Å². The second-order valence-corrected chi connectivity index (χ2v) is 5.94. The maximum atomic E-state index is 12.2. The molecule has 0 aliphatic rings. The highest BCUT2D eigenvalue weighted by Gasteiger charge is 2.20. The van der Waals surface area contributed by atoms with Crippen molar-refractivity contribution in [2.75, 3.05) is 6.61 Å². The first-order chi connectivity index (χ1) is 12.1. The van der Waals surface area contributed by atoms with E-state index in [1.807, 2.05) is 6.07 Å². The molecule has 7 heteroatoms. The van der Waals surface area contributed by atoms with E-state index < -0.39 is 17.7 Å². The number of fused-ring (bicyclic) bond motifs is 1. The van der Waals surface area contributed by atoms with E-state index in [4.69, 9.17) is 11.6 Å². The summed E-state index contributed by atoms with van der Waals surface area (Å²) in [5.41, 5.74) is 6.40. The Morgan fingerprint density at radius 3 is 2.56 bits per heavy atom. The van der Waals surface area contributed by atoms with Crippen LogP contribution >= 0.6 is 11.6 Å². The second-order valence-electron chi connectivity index (χ2n) is 5.50. The number of aliphatic hydroxyl groups is 1. The van der Waals surface area contributed by atoms with Gasteiger partial charge in [-0.15, -0.1) is 0 Å². The molecule has 0 bridgehead atoms.